The topological polar surface area (TPSA) is 46.8 Å². The van der Waals surface area contributed by atoms with Gasteiger partial charge in [-0.15, -0.1) is 0 Å². The molecule has 3 aromatic heterocycles. The minimum Gasteiger partial charge on any atom is -0.456 e. The number of para-hydroxylation sites is 5. The average molecular weight is 600 g/mol. The van der Waals surface area contributed by atoms with E-state index in [9.17, 15) is 5.26 Å². The summed E-state index contributed by atoms with van der Waals surface area (Å²) in [5.74, 6) is 0. The molecule has 0 spiro atoms. The number of hydrogen-bond acceptors (Lipinski definition) is 2. The predicted octanol–water partition coefficient (Wildman–Crippen LogP) is 11.3. The predicted molar refractivity (Wildman–Crippen MR) is 193 cm³/mol. The number of hydrogen-bond donors (Lipinski definition) is 0. The van der Waals surface area contributed by atoms with E-state index >= 15 is 0 Å². The van der Waals surface area contributed by atoms with Crippen LogP contribution in [0.4, 0.5) is 0 Å². The maximum absolute atomic E-state index is 10.5. The molecule has 0 saturated carbocycles. The molecule has 47 heavy (non-hydrogen) atoms. The van der Waals surface area contributed by atoms with Crippen molar-refractivity contribution in [2.24, 2.45) is 0 Å². The van der Waals surface area contributed by atoms with E-state index in [1.165, 1.54) is 10.8 Å². The molecule has 0 N–H and O–H groups in total. The fraction of sp³-hybridized carbons (Fsp3) is 0. The summed E-state index contributed by atoms with van der Waals surface area (Å²) in [7, 11) is 0. The number of nitrogens with zero attached hydrogens (tertiary/aromatic N) is 3. The molecule has 4 heteroatoms. The molecule has 0 atom stereocenters. The molecule has 0 fully saturated rings. The van der Waals surface area contributed by atoms with Crippen LogP contribution in [0.25, 0.3) is 88.1 Å². The van der Waals surface area contributed by atoms with E-state index in [-0.39, 0.29) is 0 Å². The smallest absolute Gasteiger partial charge is 0.137 e. The lowest BCUT2D eigenvalue weighted by Crippen LogP contribution is -2.01. The molecule has 4 nitrogen and oxygen atoms in total. The zero-order valence-electron chi connectivity index (χ0n) is 25.2. The highest BCUT2D eigenvalue weighted by Crippen LogP contribution is 2.43. The minimum atomic E-state index is 0.632. The summed E-state index contributed by atoms with van der Waals surface area (Å²) < 4.78 is 11.0. The van der Waals surface area contributed by atoms with Crippen molar-refractivity contribution in [2.45, 2.75) is 0 Å². The SMILES string of the molecule is N#Cc1cccc(-c2ccc3c(c2)c2ccc4oc5ccccc5c4c2n3-c2ccccc2)c1-n1c2ccccc2c2ccccc21. The molecule has 0 aliphatic heterocycles. The van der Waals surface area contributed by atoms with Crippen molar-refractivity contribution in [1.29, 1.82) is 5.26 Å². The second-order valence-corrected chi connectivity index (χ2v) is 12.0. The number of furan rings is 1. The Hall–Kier alpha value is -6.57. The second-order valence-electron chi connectivity index (χ2n) is 12.0. The number of fused-ring (bicyclic) bond motifs is 10. The molecule has 0 amide bonds. The van der Waals surface area contributed by atoms with Crippen LogP contribution in [-0.2, 0) is 0 Å². The maximum atomic E-state index is 10.5. The summed E-state index contributed by atoms with van der Waals surface area (Å²) in [6, 6.07) is 55.2. The van der Waals surface area contributed by atoms with Gasteiger partial charge in [0.05, 0.1) is 38.7 Å². The van der Waals surface area contributed by atoms with Gasteiger partial charge in [0.25, 0.3) is 0 Å². The van der Waals surface area contributed by atoms with Gasteiger partial charge in [0, 0.05) is 38.2 Å². The van der Waals surface area contributed by atoms with Gasteiger partial charge in [-0.05, 0) is 66.2 Å². The summed E-state index contributed by atoms with van der Waals surface area (Å²) in [5.41, 5.74) is 10.8. The monoisotopic (exact) mass is 599 g/mol. The highest BCUT2D eigenvalue weighted by atomic mass is 16.3. The lowest BCUT2D eigenvalue weighted by Gasteiger charge is -2.16. The van der Waals surface area contributed by atoms with Gasteiger partial charge >= 0.3 is 0 Å². The summed E-state index contributed by atoms with van der Waals surface area (Å²) >= 11 is 0. The van der Waals surface area contributed by atoms with Gasteiger partial charge in [-0.2, -0.15) is 5.26 Å². The third kappa shape index (κ3) is 3.57. The first-order chi connectivity index (χ1) is 23.3. The van der Waals surface area contributed by atoms with Crippen LogP contribution in [0.1, 0.15) is 5.56 Å². The van der Waals surface area contributed by atoms with Gasteiger partial charge in [0.1, 0.15) is 17.2 Å². The lowest BCUT2D eigenvalue weighted by molar-refractivity contribution is 0.669. The Morgan fingerprint density at radius 1 is 0.489 bits per heavy atom. The quantitative estimate of drug-likeness (QED) is 0.203. The first-order valence-electron chi connectivity index (χ1n) is 15.8. The van der Waals surface area contributed by atoms with Crippen molar-refractivity contribution in [3.63, 3.8) is 0 Å². The normalized spacial score (nSPS) is 11.8. The molecule has 0 aliphatic rings. The Balaban J connectivity index is 1.32. The van der Waals surface area contributed by atoms with Crippen LogP contribution in [0.5, 0.6) is 0 Å². The molecule has 10 aromatic rings. The molecule has 0 aliphatic carbocycles. The van der Waals surface area contributed by atoms with Crippen molar-refractivity contribution in [3.05, 3.63) is 157 Å². The number of nitriles is 1. The Bertz CT molecular complexity index is 2860. The van der Waals surface area contributed by atoms with Crippen LogP contribution in [0.15, 0.2) is 156 Å². The highest BCUT2D eigenvalue weighted by molar-refractivity contribution is 6.25. The van der Waals surface area contributed by atoms with Crippen LogP contribution in [0.2, 0.25) is 0 Å². The Morgan fingerprint density at radius 2 is 1.17 bits per heavy atom. The molecule has 0 bridgehead atoms. The molecule has 7 aromatic carbocycles. The van der Waals surface area contributed by atoms with Gasteiger partial charge in [0.2, 0.25) is 0 Å². The second kappa shape index (κ2) is 9.71. The largest absolute Gasteiger partial charge is 0.456 e. The Kier molecular flexibility index (Phi) is 5.32. The Labute approximate surface area is 269 Å². The lowest BCUT2D eigenvalue weighted by atomic mass is 9.98. The zero-order valence-corrected chi connectivity index (χ0v) is 25.2. The van der Waals surface area contributed by atoms with Crippen LogP contribution in [-0.4, -0.2) is 9.13 Å². The van der Waals surface area contributed by atoms with Crippen molar-refractivity contribution in [2.75, 3.05) is 0 Å². The average Bonchev–Trinajstić information content (AvgIpc) is 3.79. The first-order valence-corrected chi connectivity index (χ1v) is 15.8. The van der Waals surface area contributed by atoms with Gasteiger partial charge in [-0.3, -0.25) is 0 Å². The van der Waals surface area contributed by atoms with Crippen molar-refractivity contribution < 1.29 is 4.42 Å². The van der Waals surface area contributed by atoms with Crippen molar-refractivity contribution in [3.8, 4) is 28.6 Å². The van der Waals surface area contributed by atoms with Crippen molar-refractivity contribution >= 4 is 65.6 Å². The van der Waals surface area contributed by atoms with Gasteiger partial charge < -0.3 is 13.6 Å². The maximum Gasteiger partial charge on any atom is 0.137 e. The molecule has 0 unspecified atom stereocenters. The van der Waals surface area contributed by atoms with Gasteiger partial charge in [-0.25, -0.2) is 0 Å². The molecule has 0 radical (unpaired) electrons. The summed E-state index contributed by atoms with van der Waals surface area (Å²) in [4.78, 5) is 0. The molecular formula is C43H25N3O. The number of rotatable bonds is 3. The van der Waals surface area contributed by atoms with E-state index in [1.807, 2.05) is 24.3 Å². The van der Waals surface area contributed by atoms with E-state index in [0.717, 1.165) is 77.3 Å². The van der Waals surface area contributed by atoms with Crippen LogP contribution in [0.3, 0.4) is 0 Å². The fourth-order valence-electron chi connectivity index (χ4n) is 7.60. The highest BCUT2D eigenvalue weighted by Gasteiger charge is 2.22. The summed E-state index contributed by atoms with van der Waals surface area (Å²) in [6.07, 6.45) is 0. The first kappa shape index (κ1) is 25.7. The fourth-order valence-corrected chi connectivity index (χ4v) is 7.60. The Morgan fingerprint density at radius 3 is 1.94 bits per heavy atom. The van der Waals surface area contributed by atoms with E-state index in [1.54, 1.807) is 0 Å². The van der Waals surface area contributed by atoms with Crippen LogP contribution < -0.4 is 0 Å². The van der Waals surface area contributed by atoms with Gasteiger partial charge in [0.15, 0.2) is 0 Å². The third-order valence-corrected chi connectivity index (χ3v) is 9.55. The molecule has 3 heterocycles. The molecule has 218 valence electrons. The number of benzene rings is 7. The summed E-state index contributed by atoms with van der Waals surface area (Å²) in [6.45, 7) is 0. The van der Waals surface area contributed by atoms with Crippen molar-refractivity contribution in [1.82, 2.24) is 9.13 Å². The van der Waals surface area contributed by atoms with E-state index in [2.05, 4.69) is 143 Å². The zero-order chi connectivity index (χ0) is 31.1. The van der Waals surface area contributed by atoms with E-state index in [4.69, 9.17) is 4.42 Å². The third-order valence-electron chi connectivity index (χ3n) is 9.55. The van der Waals surface area contributed by atoms with E-state index < -0.39 is 0 Å². The molecule has 0 saturated heterocycles. The standard InChI is InChI=1S/C43H25N3O/c44-26-28-11-10-17-30(42(28)46-36-18-7-4-14-31(36)32-15-5-8-19-37(32)46)27-21-23-38-35(25-27)33-22-24-40-41(34-16-6-9-20-39(34)47-40)43(33)45(38)29-12-2-1-3-13-29/h1-25H. The van der Waals surface area contributed by atoms with Crippen LogP contribution in [0, 0.1) is 11.3 Å². The molecular weight excluding hydrogens is 574 g/mol. The molecule has 10 rings (SSSR count). The van der Waals surface area contributed by atoms with Crippen LogP contribution >= 0.6 is 0 Å². The number of aromatic nitrogens is 2. The van der Waals surface area contributed by atoms with Gasteiger partial charge in [-0.1, -0.05) is 91.0 Å². The summed E-state index contributed by atoms with van der Waals surface area (Å²) in [5, 5.41) is 17.3. The van der Waals surface area contributed by atoms with E-state index in [0.29, 0.717) is 5.56 Å². The minimum absolute atomic E-state index is 0.632.